The Morgan fingerprint density at radius 3 is 2.33 bits per heavy atom. The fraction of sp³-hybridized carbons (Fsp3) is 0.667. The molecule has 9 heavy (non-hydrogen) atoms. The smallest absolute Gasteiger partial charge is 0.0677 e. The zero-order valence-corrected chi connectivity index (χ0v) is 6.68. The molecule has 3 heteroatoms. The van der Waals surface area contributed by atoms with Crippen LogP contribution >= 0.6 is 10.9 Å². The molecule has 1 heterocycles. The van der Waals surface area contributed by atoms with E-state index in [4.69, 9.17) is 0 Å². The maximum atomic E-state index is 3.79. The average Bonchev–Trinajstić information content (AvgIpc) is 2.15. The Kier molecular flexibility index (Phi) is 2.28. The van der Waals surface area contributed by atoms with Crippen LogP contribution in [0, 0.1) is 5.92 Å². The van der Waals surface area contributed by atoms with E-state index >= 15 is 0 Å². The first kappa shape index (κ1) is 6.81. The second-order valence-corrected chi connectivity index (χ2v) is 4.41. The minimum atomic E-state index is -0.0679. The van der Waals surface area contributed by atoms with E-state index in [0.29, 0.717) is 0 Å². The van der Waals surface area contributed by atoms with Gasteiger partial charge in [-0.05, 0) is 11.7 Å². The summed E-state index contributed by atoms with van der Waals surface area (Å²) in [5, 5.41) is 7.58. The van der Waals surface area contributed by atoms with E-state index in [9.17, 15) is 0 Å². The normalized spacial score (nSPS) is 20.1. The highest BCUT2D eigenvalue weighted by atomic mass is 32.2. The van der Waals surface area contributed by atoms with Gasteiger partial charge in [0.1, 0.15) is 0 Å². The van der Waals surface area contributed by atoms with E-state index < -0.39 is 0 Å². The predicted molar refractivity (Wildman–Crippen MR) is 45.7 cm³/mol. The molecule has 52 valence electrons. The highest BCUT2D eigenvalue weighted by Gasteiger charge is 2.03. The lowest BCUT2D eigenvalue weighted by Gasteiger charge is -2.08. The largest absolute Gasteiger partial charge is 0.176 e. The van der Waals surface area contributed by atoms with Crippen LogP contribution in [0.3, 0.4) is 0 Å². The molecule has 0 spiro atoms. The molecule has 0 bridgehead atoms. The van der Waals surface area contributed by atoms with Crippen LogP contribution in [-0.4, -0.2) is 16.8 Å². The lowest BCUT2D eigenvalue weighted by atomic mass is 10.3. The van der Waals surface area contributed by atoms with Crippen molar-refractivity contribution in [2.45, 2.75) is 13.8 Å². The molecule has 0 fully saturated rings. The molecule has 0 radical (unpaired) electrons. The van der Waals surface area contributed by atoms with Crippen molar-refractivity contribution in [2.24, 2.45) is 16.1 Å². The summed E-state index contributed by atoms with van der Waals surface area (Å²) < 4.78 is 0. The van der Waals surface area contributed by atoms with Crippen molar-refractivity contribution in [3.63, 3.8) is 0 Å². The van der Waals surface area contributed by atoms with Crippen molar-refractivity contribution in [3.05, 3.63) is 0 Å². The molecule has 2 nitrogen and oxygen atoms in total. The number of hydrogen-bond acceptors (Lipinski definition) is 2. The molecule has 0 saturated heterocycles. The Labute approximate surface area is 58.4 Å². The van der Waals surface area contributed by atoms with E-state index in [-0.39, 0.29) is 10.9 Å². The topological polar surface area (TPSA) is 24.7 Å². The number of thiol groups is 1. The summed E-state index contributed by atoms with van der Waals surface area (Å²) in [6, 6.07) is 0. The fourth-order valence-corrected chi connectivity index (χ4v) is 2.21. The Bertz CT molecular complexity index is 128. The second-order valence-electron chi connectivity index (χ2n) is 2.55. The number of nitrogens with zero attached hydrogens (tertiary/aromatic N) is 2. The van der Waals surface area contributed by atoms with Crippen molar-refractivity contribution in [1.29, 1.82) is 0 Å². The third-order valence-electron chi connectivity index (χ3n) is 1.04. The average molecular weight is 144 g/mol. The summed E-state index contributed by atoms with van der Waals surface area (Å²) in [5.74, 6) is 2.01. The van der Waals surface area contributed by atoms with Crippen LogP contribution in [0.2, 0.25) is 0 Å². The molecule has 0 atom stereocenters. The van der Waals surface area contributed by atoms with Gasteiger partial charge in [0, 0.05) is 0 Å². The van der Waals surface area contributed by atoms with Gasteiger partial charge in [-0.25, -0.2) is 0 Å². The van der Waals surface area contributed by atoms with Crippen LogP contribution in [0.5, 0.6) is 0 Å². The summed E-state index contributed by atoms with van der Waals surface area (Å²) in [6.45, 7) is 4.45. The van der Waals surface area contributed by atoms with Gasteiger partial charge in [-0.1, -0.05) is 13.8 Å². The summed E-state index contributed by atoms with van der Waals surface area (Å²) in [7, 11) is -0.0679. The maximum Gasteiger partial charge on any atom is 0.0677 e. The number of rotatable bonds is 2. The second kappa shape index (κ2) is 3.01. The minimum absolute atomic E-state index is 0.0679. The zero-order chi connectivity index (χ0) is 6.69. The first-order chi connectivity index (χ1) is 4.29. The SMILES string of the molecule is CC(C)C[SH]1C=NN=C1. The lowest BCUT2D eigenvalue weighted by Crippen LogP contribution is -1.96. The molecule has 0 aromatic carbocycles. The van der Waals surface area contributed by atoms with E-state index in [2.05, 4.69) is 24.1 Å². The Morgan fingerprint density at radius 1 is 1.33 bits per heavy atom. The third kappa shape index (κ3) is 2.18. The van der Waals surface area contributed by atoms with E-state index in [0.717, 1.165) is 5.92 Å². The fourth-order valence-electron chi connectivity index (χ4n) is 0.738. The van der Waals surface area contributed by atoms with Crippen LogP contribution in [0.4, 0.5) is 0 Å². The van der Waals surface area contributed by atoms with Gasteiger partial charge in [-0.3, -0.25) is 0 Å². The zero-order valence-electron chi connectivity index (χ0n) is 5.78. The molecule has 0 N–H and O–H groups in total. The Morgan fingerprint density at radius 2 is 1.89 bits per heavy atom. The van der Waals surface area contributed by atoms with Gasteiger partial charge in [0.05, 0.1) is 11.1 Å². The van der Waals surface area contributed by atoms with Crippen LogP contribution in [0.25, 0.3) is 0 Å². The molecule has 0 aromatic rings. The van der Waals surface area contributed by atoms with Gasteiger partial charge in [-0.2, -0.15) is 21.1 Å². The molecule has 1 aliphatic heterocycles. The van der Waals surface area contributed by atoms with Crippen molar-refractivity contribution in [1.82, 2.24) is 0 Å². The van der Waals surface area contributed by atoms with E-state index in [1.165, 1.54) is 5.75 Å². The first-order valence-corrected chi connectivity index (χ1v) is 4.78. The van der Waals surface area contributed by atoms with Crippen LogP contribution in [0.1, 0.15) is 13.8 Å². The summed E-state index contributed by atoms with van der Waals surface area (Å²) in [6.07, 6.45) is 0. The van der Waals surface area contributed by atoms with Gasteiger partial charge in [0.15, 0.2) is 0 Å². The van der Waals surface area contributed by atoms with E-state index in [1.54, 1.807) is 0 Å². The van der Waals surface area contributed by atoms with Gasteiger partial charge < -0.3 is 0 Å². The first-order valence-electron chi connectivity index (χ1n) is 3.11. The van der Waals surface area contributed by atoms with Crippen molar-refractivity contribution in [2.75, 3.05) is 5.75 Å². The Hall–Kier alpha value is -0.310. The molecule has 0 unspecified atom stereocenters. The molecule has 1 aliphatic rings. The molecule has 0 aromatic heterocycles. The summed E-state index contributed by atoms with van der Waals surface area (Å²) >= 11 is 0. The molecule has 0 aliphatic carbocycles. The molecule has 0 amide bonds. The van der Waals surface area contributed by atoms with Crippen LogP contribution < -0.4 is 0 Å². The van der Waals surface area contributed by atoms with Crippen molar-refractivity contribution >= 4 is 22.0 Å². The molecular formula is C6H12N2S. The molecular weight excluding hydrogens is 132 g/mol. The Balaban J connectivity index is 2.29. The van der Waals surface area contributed by atoms with Crippen molar-refractivity contribution in [3.8, 4) is 0 Å². The number of hydrogen-bond donors (Lipinski definition) is 1. The summed E-state index contributed by atoms with van der Waals surface area (Å²) in [4.78, 5) is 0. The van der Waals surface area contributed by atoms with Gasteiger partial charge in [0.25, 0.3) is 0 Å². The van der Waals surface area contributed by atoms with Gasteiger partial charge in [0.2, 0.25) is 0 Å². The van der Waals surface area contributed by atoms with Gasteiger partial charge >= 0.3 is 0 Å². The van der Waals surface area contributed by atoms with Gasteiger partial charge in [-0.15, -0.1) is 0 Å². The van der Waals surface area contributed by atoms with Crippen molar-refractivity contribution < 1.29 is 0 Å². The van der Waals surface area contributed by atoms with Crippen LogP contribution in [-0.2, 0) is 0 Å². The van der Waals surface area contributed by atoms with Crippen LogP contribution in [0.15, 0.2) is 10.2 Å². The highest BCUT2D eigenvalue weighted by molar-refractivity contribution is 8.39. The lowest BCUT2D eigenvalue weighted by molar-refractivity contribution is 0.751. The third-order valence-corrected chi connectivity index (χ3v) is 2.99. The highest BCUT2D eigenvalue weighted by Crippen LogP contribution is 2.24. The standard InChI is InChI=1S/C6H12N2S/c1-6(2)3-9-4-7-8-5-9/h4-6,9H,3H2,1-2H3. The monoisotopic (exact) mass is 144 g/mol. The molecule has 1 rings (SSSR count). The maximum absolute atomic E-state index is 3.79. The van der Waals surface area contributed by atoms with E-state index in [1.807, 2.05) is 11.1 Å². The summed E-state index contributed by atoms with van der Waals surface area (Å²) in [5.41, 5.74) is 3.94. The predicted octanol–water partition coefficient (Wildman–Crippen LogP) is 1.63. The minimum Gasteiger partial charge on any atom is -0.176 e. The molecule has 0 saturated carbocycles. The quantitative estimate of drug-likeness (QED) is 0.570.